The van der Waals surface area contributed by atoms with Gasteiger partial charge in [0.15, 0.2) is 0 Å². The maximum atomic E-state index is 13.1. The first-order chi connectivity index (χ1) is 13.9. The summed E-state index contributed by atoms with van der Waals surface area (Å²) in [5.74, 6) is -46.9. The minimum Gasteiger partial charge on any atom is -0.311 e. The van der Waals surface area contributed by atoms with Crippen LogP contribution in [-0.2, 0) is 4.74 Å². The minimum absolute atomic E-state index is 1.95. The van der Waals surface area contributed by atoms with E-state index in [1.807, 2.05) is 4.74 Å². The van der Waals surface area contributed by atoms with Crippen molar-refractivity contribution in [3.8, 4) is 0 Å². The van der Waals surface area contributed by atoms with E-state index in [0.29, 0.717) is 0 Å². The Bertz CT molecular complexity index is 683. The predicted octanol–water partition coefficient (Wildman–Crippen LogP) is 6.87. The lowest BCUT2D eigenvalue weighted by Crippen LogP contribution is -2.67. The smallest absolute Gasteiger partial charge is 0.311 e. The monoisotopic (exact) mass is 550 g/mol. The van der Waals surface area contributed by atoms with Crippen LogP contribution in [0, 0.1) is 0 Å². The molecule has 0 rings (SSSR count). The van der Waals surface area contributed by atoms with Crippen LogP contribution in [0.5, 0.6) is 0 Å². The molecule has 0 amide bonds. The summed E-state index contributed by atoms with van der Waals surface area (Å²) < 4.78 is 265. The Hall–Kier alpha value is -1.51. The maximum Gasteiger partial charge on any atom is 0.460 e. The molecule has 0 saturated heterocycles. The summed E-state index contributed by atoms with van der Waals surface area (Å²) in [7, 11) is 0. The van der Waals surface area contributed by atoms with E-state index >= 15 is 0 Å². The molecular formula is C11H3F21O. The van der Waals surface area contributed by atoms with E-state index in [-0.39, 0.29) is 0 Å². The molecule has 1 atom stereocenters. The molecule has 0 fully saturated rings. The van der Waals surface area contributed by atoms with Crippen LogP contribution >= 0.6 is 0 Å². The summed E-state index contributed by atoms with van der Waals surface area (Å²) in [6.07, 6.45) is -28.6. The molecule has 200 valence electrons. The Morgan fingerprint density at radius 1 is 0.455 bits per heavy atom. The fourth-order valence-electron chi connectivity index (χ4n) is 1.51. The minimum atomic E-state index is -8.19. The van der Waals surface area contributed by atoms with Crippen molar-refractivity contribution in [2.24, 2.45) is 0 Å². The third kappa shape index (κ3) is 4.84. The van der Waals surface area contributed by atoms with Crippen molar-refractivity contribution >= 4 is 0 Å². The van der Waals surface area contributed by atoms with Crippen molar-refractivity contribution in [3.63, 3.8) is 0 Å². The van der Waals surface area contributed by atoms with E-state index in [1.165, 1.54) is 0 Å². The zero-order chi connectivity index (χ0) is 27.5. The normalized spacial score (nSPS) is 17.4. The lowest BCUT2D eigenvalue weighted by atomic mass is 9.98. The van der Waals surface area contributed by atoms with Crippen molar-refractivity contribution < 1.29 is 96.9 Å². The van der Waals surface area contributed by atoms with Gasteiger partial charge in [0, 0.05) is 0 Å². The topological polar surface area (TPSA) is 9.23 Å². The van der Waals surface area contributed by atoms with Crippen LogP contribution in [0.3, 0.4) is 0 Å². The quantitative estimate of drug-likeness (QED) is 0.285. The van der Waals surface area contributed by atoms with Gasteiger partial charge in [0.1, 0.15) is 6.61 Å². The van der Waals surface area contributed by atoms with E-state index < -0.39 is 66.8 Å². The van der Waals surface area contributed by atoms with Gasteiger partial charge in [-0.2, -0.15) is 87.8 Å². The Balaban J connectivity index is 6.03. The Labute approximate surface area is 165 Å². The molecule has 33 heavy (non-hydrogen) atoms. The fraction of sp³-hybridized carbons (Fsp3) is 1.00. The number of ether oxygens (including phenoxy) is 1. The van der Waals surface area contributed by atoms with Gasteiger partial charge in [0.05, 0.1) is 0 Å². The van der Waals surface area contributed by atoms with Gasteiger partial charge in [-0.05, 0) is 0 Å². The molecule has 0 N–H and O–H groups in total. The SMILES string of the molecule is FC(C(F)(F)OCC(F)(F)C(F)(F)C(F)(F)C(F)(F)C(F)(F)F)C(F)(F)C(F)(F)C(F)(F)F. The summed E-state index contributed by atoms with van der Waals surface area (Å²) >= 11 is 0. The van der Waals surface area contributed by atoms with Crippen LogP contribution in [0.4, 0.5) is 92.2 Å². The van der Waals surface area contributed by atoms with Crippen molar-refractivity contribution in [1.29, 1.82) is 0 Å². The highest BCUT2D eigenvalue weighted by atomic mass is 19.4. The van der Waals surface area contributed by atoms with Gasteiger partial charge in [-0.1, -0.05) is 0 Å². The zero-order valence-electron chi connectivity index (χ0n) is 14.1. The van der Waals surface area contributed by atoms with Gasteiger partial charge in [0.2, 0.25) is 0 Å². The Morgan fingerprint density at radius 3 is 1.09 bits per heavy atom. The molecule has 0 heterocycles. The third-order valence-electron chi connectivity index (χ3n) is 3.44. The van der Waals surface area contributed by atoms with Crippen molar-refractivity contribution in [3.05, 3.63) is 0 Å². The lowest BCUT2D eigenvalue weighted by molar-refractivity contribution is -0.434. The summed E-state index contributed by atoms with van der Waals surface area (Å²) in [5, 5.41) is 0. The van der Waals surface area contributed by atoms with Crippen molar-refractivity contribution in [1.82, 2.24) is 0 Å². The molecule has 0 saturated carbocycles. The van der Waals surface area contributed by atoms with Crippen LogP contribution in [0.25, 0.3) is 0 Å². The molecule has 0 aromatic rings. The molecular weight excluding hydrogens is 547 g/mol. The van der Waals surface area contributed by atoms with Gasteiger partial charge < -0.3 is 4.74 Å². The molecule has 0 aromatic heterocycles. The highest BCUT2D eigenvalue weighted by molar-refractivity contribution is 5.06. The van der Waals surface area contributed by atoms with E-state index in [1.54, 1.807) is 0 Å². The van der Waals surface area contributed by atoms with E-state index in [2.05, 4.69) is 0 Å². The van der Waals surface area contributed by atoms with Gasteiger partial charge in [-0.15, -0.1) is 0 Å². The average molecular weight is 550 g/mol. The summed E-state index contributed by atoms with van der Waals surface area (Å²) in [4.78, 5) is 0. The molecule has 0 radical (unpaired) electrons. The first-order valence-electron chi connectivity index (χ1n) is 6.92. The van der Waals surface area contributed by atoms with Crippen LogP contribution in [-0.4, -0.2) is 66.8 Å². The maximum absolute atomic E-state index is 13.1. The van der Waals surface area contributed by atoms with E-state index in [9.17, 15) is 92.2 Å². The summed E-state index contributed by atoms with van der Waals surface area (Å²) in [5.41, 5.74) is 0. The van der Waals surface area contributed by atoms with E-state index in [0.717, 1.165) is 0 Å². The molecule has 22 heteroatoms. The molecule has 0 aromatic carbocycles. The average Bonchev–Trinajstić information content (AvgIpc) is 2.56. The van der Waals surface area contributed by atoms with Crippen LogP contribution in [0.2, 0.25) is 0 Å². The molecule has 0 spiro atoms. The number of alkyl halides is 21. The van der Waals surface area contributed by atoms with Crippen molar-refractivity contribution in [2.75, 3.05) is 6.61 Å². The molecule has 0 aliphatic heterocycles. The molecule has 0 aliphatic carbocycles. The summed E-state index contributed by atoms with van der Waals surface area (Å²) in [6, 6.07) is 0. The Morgan fingerprint density at radius 2 is 0.788 bits per heavy atom. The first-order valence-corrected chi connectivity index (χ1v) is 6.92. The van der Waals surface area contributed by atoms with E-state index in [4.69, 9.17) is 0 Å². The predicted molar refractivity (Wildman–Crippen MR) is 57.6 cm³/mol. The molecule has 0 aliphatic rings. The zero-order valence-corrected chi connectivity index (χ0v) is 14.1. The second kappa shape index (κ2) is 8.02. The number of rotatable bonds is 9. The van der Waals surface area contributed by atoms with Gasteiger partial charge in [0.25, 0.3) is 6.17 Å². The highest BCUT2D eigenvalue weighted by Crippen LogP contribution is 2.58. The highest BCUT2D eigenvalue weighted by Gasteiger charge is 2.87. The first kappa shape index (κ1) is 31.5. The lowest BCUT2D eigenvalue weighted by Gasteiger charge is -2.38. The number of hydrogen-bond donors (Lipinski definition) is 0. The fourth-order valence-corrected chi connectivity index (χ4v) is 1.51. The summed E-state index contributed by atoms with van der Waals surface area (Å²) in [6.45, 7) is -4.36. The van der Waals surface area contributed by atoms with Crippen molar-refractivity contribution in [2.45, 2.75) is 60.2 Å². The second-order valence-corrected chi connectivity index (χ2v) is 5.83. The van der Waals surface area contributed by atoms with Gasteiger partial charge in [-0.3, -0.25) is 0 Å². The number of halogens is 21. The van der Waals surface area contributed by atoms with Crippen LogP contribution < -0.4 is 0 Å². The largest absolute Gasteiger partial charge is 0.460 e. The number of hydrogen-bond acceptors (Lipinski definition) is 1. The molecule has 1 nitrogen and oxygen atoms in total. The standard InChI is InChI=1S/C11H3F21O/c12-2(4(15,16)7(21,22)10(27,28)29)5(17,18)33-1-3(13,14)6(19,20)8(23,24)9(25,26)11(30,31)32/h2H,1H2. The van der Waals surface area contributed by atoms with Gasteiger partial charge in [-0.25, -0.2) is 4.39 Å². The van der Waals surface area contributed by atoms with Crippen LogP contribution in [0.15, 0.2) is 0 Å². The third-order valence-corrected chi connectivity index (χ3v) is 3.44. The molecule has 0 bridgehead atoms. The second-order valence-electron chi connectivity index (χ2n) is 5.83. The van der Waals surface area contributed by atoms with Gasteiger partial charge >= 0.3 is 54.0 Å². The molecule has 1 unspecified atom stereocenters. The Kier molecular flexibility index (Phi) is 7.66. The van der Waals surface area contributed by atoms with Crippen LogP contribution in [0.1, 0.15) is 0 Å².